The van der Waals surface area contributed by atoms with Crippen molar-refractivity contribution in [2.24, 2.45) is 0 Å². The third-order valence-electron chi connectivity index (χ3n) is 3.50. The summed E-state index contributed by atoms with van der Waals surface area (Å²) >= 11 is 0. The predicted molar refractivity (Wildman–Crippen MR) is 78.5 cm³/mol. The van der Waals surface area contributed by atoms with Gasteiger partial charge < -0.3 is 20.9 Å². The molecule has 20 heavy (non-hydrogen) atoms. The normalized spacial score (nSPS) is 26.2. The SMILES string of the molecule is Cc1cc(N)c(N)c(C(=O)OC2CC(C)OC(C)C2)c1. The number of esters is 1. The zero-order valence-corrected chi connectivity index (χ0v) is 12.2. The van der Waals surface area contributed by atoms with Crippen LogP contribution in [0.15, 0.2) is 12.1 Å². The van der Waals surface area contributed by atoms with E-state index < -0.39 is 5.97 Å². The highest BCUT2D eigenvalue weighted by Crippen LogP contribution is 2.26. The molecule has 0 aromatic heterocycles. The Bertz CT molecular complexity index is 506. The molecule has 1 aliphatic rings. The molecule has 1 aromatic carbocycles. The van der Waals surface area contributed by atoms with Crippen molar-refractivity contribution >= 4 is 17.3 Å². The second-order valence-electron chi connectivity index (χ2n) is 5.57. The van der Waals surface area contributed by atoms with Gasteiger partial charge in [0.05, 0.1) is 29.1 Å². The first-order valence-corrected chi connectivity index (χ1v) is 6.89. The maximum atomic E-state index is 12.3. The molecule has 1 fully saturated rings. The lowest BCUT2D eigenvalue weighted by atomic mass is 10.0. The van der Waals surface area contributed by atoms with Gasteiger partial charge in [0, 0.05) is 12.8 Å². The van der Waals surface area contributed by atoms with Crippen LogP contribution in [0, 0.1) is 6.92 Å². The summed E-state index contributed by atoms with van der Waals surface area (Å²) in [5, 5.41) is 0. The van der Waals surface area contributed by atoms with Gasteiger partial charge in [-0.05, 0) is 38.5 Å². The molecule has 0 amide bonds. The molecule has 0 saturated carbocycles. The Kier molecular flexibility index (Phi) is 4.18. The molecule has 2 rings (SSSR count). The summed E-state index contributed by atoms with van der Waals surface area (Å²) in [6.45, 7) is 5.83. The first kappa shape index (κ1) is 14.7. The van der Waals surface area contributed by atoms with Gasteiger partial charge in [-0.15, -0.1) is 0 Å². The third-order valence-corrected chi connectivity index (χ3v) is 3.50. The van der Waals surface area contributed by atoms with Crippen LogP contribution < -0.4 is 11.5 Å². The van der Waals surface area contributed by atoms with E-state index >= 15 is 0 Å². The molecule has 1 heterocycles. The maximum absolute atomic E-state index is 12.3. The molecule has 0 radical (unpaired) electrons. The number of rotatable bonds is 2. The molecule has 0 aliphatic carbocycles. The number of ether oxygens (including phenoxy) is 2. The summed E-state index contributed by atoms with van der Waals surface area (Å²) in [6.07, 6.45) is 1.46. The van der Waals surface area contributed by atoms with Crippen molar-refractivity contribution in [3.05, 3.63) is 23.3 Å². The fraction of sp³-hybridized carbons (Fsp3) is 0.533. The zero-order valence-electron chi connectivity index (χ0n) is 12.2. The molecule has 1 aliphatic heterocycles. The van der Waals surface area contributed by atoms with E-state index in [0.29, 0.717) is 24.1 Å². The lowest BCUT2D eigenvalue weighted by Crippen LogP contribution is -2.35. The smallest absolute Gasteiger partial charge is 0.340 e. The largest absolute Gasteiger partial charge is 0.459 e. The van der Waals surface area contributed by atoms with Gasteiger partial charge in [0.1, 0.15) is 6.10 Å². The van der Waals surface area contributed by atoms with E-state index in [-0.39, 0.29) is 24.0 Å². The maximum Gasteiger partial charge on any atom is 0.340 e. The highest BCUT2D eigenvalue weighted by atomic mass is 16.6. The van der Waals surface area contributed by atoms with Gasteiger partial charge >= 0.3 is 5.97 Å². The van der Waals surface area contributed by atoms with E-state index in [9.17, 15) is 4.79 Å². The first-order chi connectivity index (χ1) is 9.36. The van der Waals surface area contributed by atoms with E-state index in [0.717, 1.165) is 5.56 Å². The molecule has 1 saturated heterocycles. The number of carbonyl (C=O) groups excluding carboxylic acids is 1. The van der Waals surface area contributed by atoms with Crippen molar-refractivity contribution in [2.75, 3.05) is 11.5 Å². The Morgan fingerprint density at radius 1 is 1.25 bits per heavy atom. The molecule has 4 N–H and O–H groups in total. The molecule has 110 valence electrons. The summed E-state index contributed by atoms with van der Waals surface area (Å²) in [5.74, 6) is -0.413. The van der Waals surface area contributed by atoms with Crippen molar-refractivity contribution in [3.63, 3.8) is 0 Å². The van der Waals surface area contributed by atoms with E-state index in [1.807, 2.05) is 20.8 Å². The summed E-state index contributed by atoms with van der Waals surface area (Å²) < 4.78 is 11.2. The van der Waals surface area contributed by atoms with Crippen LogP contribution in [0.3, 0.4) is 0 Å². The topological polar surface area (TPSA) is 87.6 Å². The fourth-order valence-electron chi connectivity index (χ4n) is 2.65. The van der Waals surface area contributed by atoms with Crippen LogP contribution in [0.2, 0.25) is 0 Å². The Balaban J connectivity index is 2.12. The van der Waals surface area contributed by atoms with Crippen LogP contribution in [0.25, 0.3) is 0 Å². The quantitative estimate of drug-likeness (QED) is 0.640. The van der Waals surface area contributed by atoms with Crippen LogP contribution in [0.1, 0.15) is 42.6 Å². The Morgan fingerprint density at radius 3 is 2.45 bits per heavy atom. The van der Waals surface area contributed by atoms with Crippen molar-refractivity contribution in [1.29, 1.82) is 0 Å². The minimum absolute atomic E-state index is 0.0940. The van der Waals surface area contributed by atoms with Crippen LogP contribution >= 0.6 is 0 Å². The van der Waals surface area contributed by atoms with E-state index in [4.69, 9.17) is 20.9 Å². The second kappa shape index (κ2) is 5.71. The lowest BCUT2D eigenvalue weighted by Gasteiger charge is -2.31. The minimum Gasteiger partial charge on any atom is -0.459 e. The average molecular weight is 278 g/mol. The Labute approximate surface area is 119 Å². The third kappa shape index (κ3) is 3.22. The fourth-order valence-corrected chi connectivity index (χ4v) is 2.65. The van der Waals surface area contributed by atoms with Crippen LogP contribution in [0.4, 0.5) is 11.4 Å². The van der Waals surface area contributed by atoms with Gasteiger partial charge in [-0.2, -0.15) is 0 Å². The molecule has 0 bridgehead atoms. The number of nitrogen functional groups attached to an aromatic ring is 2. The highest BCUT2D eigenvalue weighted by Gasteiger charge is 2.28. The summed E-state index contributed by atoms with van der Waals surface area (Å²) in [6, 6.07) is 3.45. The van der Waals surface area contributed by atoms with Crippen molar-refractivity contribution in [2.45, 2.75) is 51.9 Å². The van der Waals surface area contributed by atoms with Gasteiger partial charge in [-0.25, -0.2) is 4.79 Å². The highest BCUT2D eigenvalue weighted by molar-refractivity contribution is 5.98. The number of carbonyl (C=O) groups is 1. The summed E-state index contributed by atoms with van der Waals surface area (Å²) in [7, 11) is 0. The van der Waals surface area contributed by atoms with Gasteiger partial charge in [-0.1, -0.05) is 0 Å². The molecule has 2 unspecified atom stereocenters. The standard InChI is InChI=1S/C15H22N2O3/c1-8-4-12(14(17)13(16)5-8)15(18)20-11-6-9(2)19-10(3)7-11/h4-5,9-11H,6-7,16-17H2,1-3H3. The second-order valence-corrected chi connectivity index (χ2v) is 5.57. The monoisotopic (exact) mass is 278 g/mol. The van der Waals surface area contributed by atoms with Gasteiger partial charge in [0.2, 0.25) is 0 Å². The molecule has 5 nitrogen and oxygen atoms in total. The van der Waals surface area contributed by atoms with Crippen molar-refractivity contribution in [3.8, 4) is 0 Å². The molecular formula is C15H22N2O3. The molecule has 2 atom stereocenters. The Hall–Kier alpha value is -1.75. The van der Waals surface area contributed by atoms with E-state index in [1.165, 1.54) is 0 Å². The van der Waals surface area contributed by atoms with Gasteiger partial charge in [0.25, 0.3) is 0 Å². The number of hydrogen-bond acceptors (Lipinski definition) is 5. The lowest BCUT2D eigenvalue weighted by molar-refractivity contribution is -0.0855. The average Bonchev–Trinajstić information content (AvgIpc) is 2.32. The van der Waals surface area contributed by atoms with Crippen LogP contribution in [-0.4, -0.2) is 24.3 Å². The number of hydrogen-bond donors (Lipinski definition) is 2. The summed E-state index contributed by atoms with van der Waals surface area (Å²) in [5.41, 5.74) is 13.6. The molecule has 5 heteroatoms. The zero-order chi connectivity index (χ0) is 14.9. The number of aryl methyl sites for hydroxylation is 1. The number of benzene rings is 1. The van der Waals surface area contributed by atoms with E-state index in [2.05, 4.69) is 0 Å². The van der Waals surface area contributed by atoms with Crippen LogP contribution in [0.5, 0.6) is 0 Å². The molecular weight excluding hydrogens is 256 g/mol. The Morgan fingerprint density at radius 2 is 1.85 bits per heavy atom. The predicted octanol–water partition coefficient (Wildman–Crippen LogP) is 2.27. The minimum atomic E-state index is -0.413. The van der Waals surface area contributed by atoms with Crippen LogP contribution in [-0.2, 0) is 9.47 Å². The van der Waals surface area contributed by atoms with Gasteiger partial charge in [0.15, 0.2) is 0 Å². The van der Waals surface area contributed by atoms with E-state index in [1.54, 1.807) is 12.1 Å². The number of anilines is 2. The number of nitrogens with two attached hydrogens (primary N) is 2. The van der Waals surface area contributed by atoms with Crippen molar-refractivity contribution in [1.82, 2.24) is 0 Å². The first-order valence-electron chi connectivity index (χ1n) is 6.89. The molecule has 0 spiro atoms. The molecule has 1 aromatic rings. The van der Waals surface area contributed by atoms with Gasteiger partial charge in [-0.3, -0.25) is 0 Å². The van der Waals surface area contributed by atoms with Crippen molar-refractivity contribution < 1.29 is 14.3 Å². The summed E-state index contributed by atoms with van der Waals surface area (Å²) in [4.78, 5) is 12.3.